The van der Waals surface area contributed by atoms with Crippen LogP contribution in [0.25, 0.3) is 0 Å². The Balaban J connectivity index is 1.58. The SMILES string of the molecule is N#CC(c1ccc(F)cc1)N1CCN(C(=O)Cc2cccs2)CC1. The standard InChI is InChI=1S/C18H18FN3OS/c19-15-5-3-14(4-6-15)17(13-20)21-7-9-22(10-8-21)18(23)12-16-2-1-11-24-16/h1-6,11,17H,7-10,12H2. The molecule has 1 aliphatic rings. The average molecular weight is 343 g/mol. The Morgan fingerprint density at radius 2 is 1.92 bits per heavy atom. The molecule has 0 saturated carbocycles. The highest BCUT2D eigenvalue weighted by Gasteiger charge is 2.27. The number of nitrogens with zero attached hydrogens (tertiary/aromatic N) is 3. The molecule has 1 aromatic heterocycles. The lowest BCUT2D eigenvalue weighted by molar-refractivity contribution is -0.132. The summed E-state index contributed by atoms with van der Waals surface area (Å²) in [6, 6.07) is 11.9. The van der Waals surface area contributed by atoms with Gasteiger partial charge in [0.1, 0.15) is 11.9 Å². The first kappa shape index (κ1) is 16.6. The number of hydrogen-bond donors (Lipinski definition) is 0. The molecule has 3 rings (SSSR count). The quantitative estimate of drug-likeness (QED) is 0.858. The fourth-order valence-corrected chi connectivity index (χ4v) is 3.61. The number of halogens is 1. The van der Waals surface area contributed by atoms with Gasteiger partial charge in [-0.3, -0.25) is 9.69 Å². The molecule has 124 valence electrons. The third-order valence-electron chi connectivity index (χ3n) is 4.25. The molecule has 1 atom stereocenters. The van der Waals surface area contributed by atoms with Gasteiger partial charge in [0.05, 0.1) is 12.5 Å². The normalized spacial score (nSPS) is 16.6. The maximum atomic E-state index is 13.1. The lowest BCUT2D eigenvalue weighted by atomic mass is 10.1. The van der Waals surface area contributed by atoms with Crippen molar-refractivity contribution in [3.05, 3.63) is 58.0 Å². The number of carbonyl (C=O) groups excluding carboxylic acids is 1. The molecule has 1 fully saturated rings. The van der Waals surface area contributed by atoms with E-state index in [1.165, 1.54) is 12.1 Å². The van der Waals surface area contributed by atoms with Crippen LogP contribution in [0.3, 0.4) is 0 Å². The van der Waals surface area contributed by atoms with E-state index in [1.54, 1.807) is 23.5 Å². The van der Waals surface area contributed by atoms with E-state index in [9.17, 15) is 14.4 Å². The molecule has 2 heterocycles. The number of rotatable bonds is 4. The number of piperazine rings is 1. The van der Waals surface area contributed by atoms with E-state index in [0.717, 1.165) is 10.4 Å². The van der Waals surface area contributed by atoms with Crippen LogP contribution in [0.15, 0.2) is 41.8 Å². The highest BCUT2D eigenvalue weighted by Crippen LogP contribution is 2.22. The van der Waals surface area contributed by atoms with Gasteiger partial charge in [-0.25, -0.2) is 4.39 Å². The van der Waals surface area contributed by atoms with Gasteiger partial charge >= 0.3 is 0 Å². The van der Waals surface area contributed by atoms with Gasteiger partial charge in [0.15, 0.2) is 0 Å². The average Bonchev–Trinajstić information content (AvgIpc) is 3.11. The summed E-state index contributed by atoms with van der Waals surface area (Å²) in [5.74, 6) is -0.174. The molecule has 6 heteroatoms. The van der Waals surface area contributed by atoms with Crippen molar-refractivity contribution in [3.63, 3.8) is 0 Å². The van der Waals surface area contributed by atoms with Crippen molar-refractivity contribution >= 4 is 17.2 Å². The van der Waals surface area contributed by atoms with Crippen molar-refractivity contribution in [3.8, 4) is 6.07 Å². The minimum atomic E-state index is -0.403. The van der Waals surface area contributed by atoms with E-state index >= 15 is 0 Å². The first-order valence-electron chi connectivity index (χ1n) is 7.86. The Kier molecular flexibility index (Phi) is 5.24. The minimum Gasteiger partial charge on any atom is -0.340 e. The Morgan fingerprint density at radius 3 is 2.50 bits per heavy atom. The molecule has 1 aliphatic heterocycles. The molecule has 0 N–H and O–H groups in total. The van der Waals surface area contributed by atoms with Crippen LogP contribution in [0.4, 0.5) is 4.39 Å². The summed E-state index contributed by atoms with van der Waals surface area (Å²) in [6.07, 6.45) is 0.442. The third kappa shape index (κ3) is 3.81. The largest absolute Gasteiger partial charge is 0.340 e. The molecule has 0 radical (unpaired) electrons. The van der Waals surface area contributed by atoms with E-state index < -0.39 is 6.04 Å². The van der Waals surface area contributed by atoms with E-state index in [-0.39, 0.29) is 11.7 Å². The van der Waals surface area contributed by atoms with Crippen LogP contribution in [0.1, 0.15) is 16.5 Å². The zero-order valence-corrected chi connectivity index (χ0v) is 14.0. The highest BCUT2D eigenvalue weighted by molar-refractivity contribution is 7.10. The zero-order chi connectivity index (χ0) is 16.9. The van der Waals surface area contributed by atoms with Crippen LogP contribution in [-0.2, 0) is 11.2 Å². The van der Waals surface area contributed by atoms with E-state index in [1.807, 2.05) is 27.3 Å². The second kappa shape index (κ2) is 7.56. The van der Waals surface area contributed by atoms with Crippen LogP contribution in [0.2, 0.25) is 0 Å². The van der Waals surface area contributed by atoms with E-state index in [0.29, 0.717) is 32.6 Å². The molecule has 2 aromatic rings. The van der Waals surface area contributed by atoms with Crippen molar-refractivity contribution in [2.24, 2.45) is 0 Å². The predicted molar refractivity (Wildman–Crippen MR) is 90.9 cm³/mol. The number of benzene rings is 1. The Hall–Kier alpha value is -2.23. The molecule has 1 saturated heterocycles. The van der Waals surface area contributed by atoms with E-state index in [2.05, 4.69) is 6.07 Å². The zero-order valence-electron chi connectivity index (χ0n) is 13.2. The predicted octanol–water partition coefficient (Wildman–Crippen LogP) is 2.84. The molecule has 1 amide bonds. The van der Waals surface area contributed by atoms with Gasteiger partial charge in [0, 0.05) is 31.1 Å². The fraction of sp³-hybridized carbons (Fsp3) is 0.333. The van der Waals surface area contributed by atoms with Gasteiger partial charge in [-0.05, 0) is 29.1 Å². The number of hydrogen-bond acceptors (Lipinski definition) is 4. The molecule has 0 bridgehead atoms. The van der Waals surface area contributed by atoms with Crippen molar-refractivity contribution in [2.75, 3.05) is 26.2 Å². The van der Waals surface area contributed by atoms with Gasteiger partial charge in [-0.15, -0.1) is 11.3 Å². The summed E-state index contributed by atoms with van der Waals surface area (Å²) in [5, 5.41) is 11.5. The summed E-state index contributed by atoms with van der Waals surface area (Å²) >= 11 is 1.59. The maximum Gasteiger partial charge on any atom is 0.227 e. The topological polar surface area (TPSA) is 47.3 Å². The third-order valence-corrected chi connectivity index (χ3v) is 5.12. The molecular formula is C18H18FN3OS. The molecule has 1 unspecified atom stereocenters. The number of nitriles is 1. The van der Waals surface area contributed by atoms with Gasteiger partial charge in [-0.1, -0.05) is 18.2 Å². The molecule has 1 aromatic carbocycles. The lowest BCUT2D eigenvalue weighted by Crippen LogP contribution is -2.49. The van der Waals surface area contributed by atoms with Crippen LogP contribution < -0.4 is 0 Å². The second-order valence-corrected chi connectivity index (χ2v) is 6.79. The number of carbonyl (C=O) groups is 1. The van der Waals surface area contributed by atoms with Crippen molar-refractivity contribution < 1.29 is 9.18 Å². The summed E-state index contributed by atoms with van der Waals surface area (Å²) < 4.78 is 13.1. The molecular weight excluding hydrogens is 325 g/mol. The Labute approximate surface area is 144 Å². The summed E-state index contributed by atoms with van der Waals surface area (Å²) in [6.45, 7) is 2.52. The van der Waals surface area contributed by atoms with Gasteiger partial charge in [0.25, 0.3) is 0 Å². The lowest BCUT2D eigenvalue weighted by Gasteiger charge is -2.37. The molecule has 0 spiro atoms. The van der Waals surface area contributed by atoms with Crippen LogP contribution in [0, 0.1) is 17.1 Å². The molecule has 24 heavy (non-hydrogen) atoms. The molecule has 0 aliphatic carbocycles. The monoisotopic (exact) mass is 343 g/mol. The van der Waals surface area contributed by atoms with Crippen molar-refractivity contribution in [1.82, 2.24) is 9.80 Å². The number of amides is 1. The summed E-state index contributed by atoms with van der Waals surface area (Å²) in [7, 11) is 0. The summed E-state index contributed by atoms with van der Waals surface area (Å²) in [4.78, 5) is 17.3. The second-order valence-electron chi connectivity index (χ2n) is 5.76. The maximum absolute atomic E-state index is 13.1. The van der Waals surface area contributed by atoms with Crippen molar-refractivity contribution in [2.45, 2.75) is 12.5 Å². The highest BCUT2D eigenvalue weighted by atomic mass is 32.1. The van der Waals surface area contributed by atoms with E-state index in [4.69, 9.17) is 0 Å². The van der Waals surface area contributed by atoms with Gasteiger partial charge < -0.3 is 4.90 Å². The smallest absolute Gasteiger partial charge is 0.227 e. The Bertz CT molecular complexity index is 716. The van der Waals surface area contributed by atoms with Crippen LogP contribution in [0.5, 0.6) is 0 Å². The minimum absolute atomic E-state index is 0.132. The van der Waals surface area contributed by atoms with Crippen LogP contribution in [-0.4, -0.2) is 41.9 Å². The fourth-order valence-electron chi connectivity index (χ4n) is 2.92. The van der Waals surface area contributed by atoms with Gasteiger partial charge in [-0.2, -0.15) is 5.26 Å². The summed E-state index contributed by atoms with van der Waals surface area (Å²) in [5.41, 5.74) is 0.789. The first-order chi connectivity index (χ1) is 11.7. The first-order valence-corrected chi connectivity index (χ1v) is 8.74. The van der Waals surface area contributed by atoms with Crippen LogP contribution >= 0.6 is 11.3 Å². The van der Waals surface area contributed by atoms with Crippen molar-refractivity contribution in [1.29, 1.82) is 5.26 Å². The van der Waals surface area contributed by atoms with Gasteiger partial charge in [0.2, 0.25) is 5.91 Å². The molecule has 4 nitrogen and oxygen atoms in total. The Morgan fingerprint density at radius 1 is 1.21 bits per heavy atom. The number of thiophene rings is 1.